The molecule has 1 aromatic rings. The van der Waals surface area contributed by atoms with E-state index in [2.05, 4.69) is 12.2 Å². The van der Waals surface area contributed by atoms with Gasteiger partial charge in [-0.05, 0) is 37.0 Å². The number of rotatable bonds is 2. The monoisotopic (exact) mass is 275 g/mol. The van der Waals surface area contributed by atoms with Crippen molar-refractivity contribution in [3.05, 3.63) is 29.6 Å². The number of halogens is 4. The number of nitrogens with one attached hydrogen (secondary N) is 1. The molecular weight excluding hydrogens is 258 g/mol. The van der Waals surface area contributed by atoms with Crippen molar-refractivity contribution in [2.75, 3.05) is 5.32 Å². The van der Waals surface area contributed by atoms with E-state index in [1.807, 2.05) is 0 Å². The van der Waals surface area contributed by atoms with Gasteiger partial charge in [-0.25, -0.2) is 4.39 Å². The van der Waals surface area contributed by atoms with Gasteiger partial charge in [-0.1, -0.05) is 19.8 Å². The molecule has 1 fully saturated rings. The summed E-state index contributed by atoms with van der Waals surface area (Å²) >= 11 is 0. The lowest BCUT2D eigenvalue weighted by Gasteiger charge is -2.28. The van der Waals surface area contributed by atoms with Crippen molar-refractivity contribution >= 4 is 5.69 Å². The van der Waals surface area contributed by atoms with Crippen LogP contribution >= 0.6 is 0 Å². The first-order valence-electron chi connectivity index (χ1n) is 6.49. The molecule has 106 valence electrons. The SMILES string of the molecule is CC1CCCC(Nc2cc(C(F)(F)F)ccc2F)C1. The molecule has 0 aliphatic heterocycles. The van der Waals surface area contributed by atoms with Crippen molar-refractivity contribution < 1.29 is 17.6 Å². The van der Waals surface area contributed by atoms with Gasteiger partial charge in [0.2, 0.25) is 0 Å². The zero-order valence-corrected chi connectivity index (χ0v) is 10.7. The van der Waals surface area contributed by atoms with Gasteiger partial charge in [-0.3, -0.25) is 0 Å². The molecular formula is C14H17F4N. The van der Waals surface area contributed by atoms with Crippen molar-refractivity contribution in [2.45, 2.75) is 44.8 Å². The summed E-state index contributed by atoms with van der Waals surface area (Å²) in [6.07, 6.45) is -0.539. The lowest BCUT2D eigenvalue weighted by atomic mass is 9.87. The lowest BCUT2D eigenvalue weighted by molar-refractivity contribution is -0.137. The standard InChI is InChI=1S/C14H17F4N/c1-9-3-2-4-11(7-9)19-13-8-10(14(16,17)18)5-6-12(13)15/h5-6,8-9,11,19H,2-4,7H2,1H3. The Bertz CT molecular complexity index is 442. The molecule has 0 spiro atoms. The molecule has 5 heteroatoms. The zero-order chi connectivity index (χ0) is 14.0. The number of anilines is 1. The highest BCUT2D eigenvalue weighted by Crippen LogP contribution is 2.33. The first kappa shape index (κ1) is 14.2. The summed E-state index contributed by atoms with van der Waals surface area (Å²) in [5.74, 6) is -0.105. The molecule has 1 N–H and O–H groups in total. The average Bonchev–Trinajstić information content (AvgIpc) is 2.30. The van der Waals surface area contributed by atoms with Crippen molar-refractivity contribution in [2.24, 2.45) is 5.92 Å². The Morgan fingerprint density at radius 3 is 2.58 bits per heavy atom. The predicted octanol–water partition coefficient (Wildman–Crippen LogP) is 4.84. The molecule has 0 amide bonds. The van der Waals surface area contributed by atoms with E-state index >= 15 is 0 Å². The van der Waals surface area contributed by atoms with Crippen LogP contribution in [0.1, 0.15) is 38.2 Å². The van der Waals surface area contributed by atoms with E-state index in [0.29, 0.717) is 5.92 Å². The Morgan fingerprint density at radius 2 is 1.95 bits per heavy atom. The maximum Gasteiger partial charge on any atom is 0.416 e. The number of hydrogen-bond donors (Lipinski definition) is 1. The van der Waals surface area contributed by atoms with Crippen LogP contribution in [0.2, 0.25) is 0 Å². The number of hydrogen-bond acceptors (Lipinski definition) is 1. The summed E-state index contributed by atoms with van der Waals surface area (Å²) < 4.78 is 51.3. The fourth-order valence-corrected chi connectivity index (χ4v) is 2.60. The molecule has 1 nitrogen and oxygen atoms in total. The van der Waals surface area contributed by atoms with Gasteiger partial charge < -0.3 is 5.32 Å². The van der Waals surface area contributed by atoms with Crippen molar-refractivity contribution in [3.8, 4) is 0 Å². The predicted molar refractivity (Wildman–Crippen MR) is 66.4 cm³/mol. The molecule has 0 heterocycles. The van der Waals surface area contributed by atoms with Crippen LogP contribution in [0.15, 0.2) is 18.2 Å². The van der Waals surface area contributed by atoms with Crippen LogP contribution < -0.4 is 5.32 Å². The van der Waals surface area contributed by atoms with Crippen LogP contribution in [0.25, 0.3) is 0 Å². The summed E-state index contributed by atoms with van der Waals surface area (Å²) in [4.78, 5) is 0. The first-order valence-corrected chi connectivity index (χ1v) is 6.49. The van der Waals surface area contributed by atoms with E-state index in [9.17, 15) is 17.6 Å². The van der Waals surface area contributed by atoms with E-state index in [4.69, 9.17) is 0 Å². The average molecular weight is 275 g/mol. The Morgan fingerprint density at radius 1 is 1.21 bits per heavy atom. The topological polar surface area (TPSA) is 12.0 Å². The molecule has 1 saturated carbocycles. The van der Waals surface area contributed by atoms with Crippen molar-refractivity contribution in [1.29, 1.82) is 0 Å². The van der Waals surface area contributed by atoms with Gasteiger partial charge in [0, 0.05) is 6.04 Å². The Kier molecular flexibility index (Phi) is 4.02. The second kappa shape index (κ2) is 5.39. The molecule has 0 aromatic heterocycles. The Balaban J connectivity index is 2.15. The zero-order valence-electron chi connectivity index (χ0n) is 10.7. The molecule has 1 aliphatic carbocycles. The van der Waals surface area contributed by atoms with Crippen LogP contribution in [0, 0.1) is 11.7 Å². The van der Waals surface area contributed by atoms with E-state index in [1.54, 1.807) is 0 Å². The fourth-order valence-electron chi connectivity index (χ4n) is 2.60. The minimum atomic E-state index is -4.44. The van der Waals surface area contributed by atoms with E-state index in [0.717, 1.165) is 43.9 Å². The maximum absolute atomic E-state index is 13.6. The molecule has 1 aromatic carbocycles. The third-order valence-corrected chi connectivity index (χ3v) is 3.59. The summed E-state index contributed by atoms with van der Waals surface area (Å²) in [6.45, 7) is 2.11. The molecule has 1 aliphatic rings. The first-order chi connectivity index (χ1) is 8.86. The molecule has 0 saturated heterocycles. The second-order valence-corrected chi connectivity index (χ2v) is 5.31. The number of benzene rings is 1. The third kappa shape index (κ3) is 3.61. The molecule has 0 bridgehead atoms. The lowest BCUT2D eigenvalue weighted by Crippen LogP contribution is -2.26. The largest absolute Gasteiger partial charge is 0.416 e. The van der Waals surface area contributed by atoms with E-state index in [-0.39, 0.29) is 11.7 Å². The summed E-state index contributed by atoms with van der Waals surface area (Å²) in [5, 5.41) is 2.92. The number of alkyl halides is 3. The quantitative estimate of drug-likeness (QED) is 0.762. The van der Waals surface area contributed by atoms with Crippen LogP contribution in [0.4, 0.5) is 23.2 Å². The van der Waals surface area contributed by atoms with Gasteiger partial charge in [0.1, 0.15) is 5.82 Å². The molecule has 19 heavy (non-hydrogen) atoms. The normalized spacial score (nSPS) is 24.3. The molecule has 2 unspecified atom stereocenters. The van der Waals surface area contributed by atoms with Gasteiger partial charge in [0.05, 0.1) is 11.3 Å². The van der Waals surface area contributed by atoms with E-state index in [1.165, 1.54) is 0 Å². The summed E-state index contributed by atoms with van der Waals surface area (Å²) in [5.41, 5.74) is -0.866. The third-order valence-electron chi connectivity index (χ3n) is 3.59. The van der Waals surface area contributed by atoms with Gasteiger partial charge >= 0.3 is 6.18 Å². The Hall–Kier alpha value is -1.26. The molecule has 2 rings (SSSR count). The smallest absolute Gasteiger partial charge is 0.380 e. The van der Waals surface area contributed by atoms with Crippen LogP contribution in [0.3, 0.4) is 0 Å². The second-order valence-electron chi connectivity index (χ2n) is 5.31. The minimum Gasteiger partial charge on any atom is -0.380 e. The van der Waals surface area contributed by atoms with Crippen molar-refractivity contribution in [3.63, 3.8) is 0 Å². The highest BCUT2D eigenvalue weighted by molar-refractivity contribution is 5.48. The summed E-state index contributed by atoms with van der Waals surface area (Å²) in [6, 6.07) is 2.55. The van der Waals surface area contributed by atoms with Gasteiger partial charge in [0.25, 0.3) is 0 Å². The van der Waals surface area contributed by atoms with Gasteiger partial charge in [0.15, 0.2) is 0 Å². The van der Waals surface area contributed by atoms with Crippen molar-refractivity contribution in [1.82, 2.24) is 0 Å². The van der Waals surface area contributed by atoms with Crippen LogP contribution in [-0.2, 0) is 6.18 Å². The Labute approximate surface area is 110 Å². The van der Waals surface area contributed by atoms with Gasteiger partial charge in [-0.15, -0.1) is 0 Å². The highest BCUT2D eigenvalue weighted by Gasteiger charge is 2.31. The minimum absolute atomic E-state index is 0.0473. The maximum atomic E-state index is 13.6. The van der Waals surface area contributed by atoms with E-state index < -0.39 is 17.6 Å². The molecule has 2 atom stereocenters. The van der Waals surface area contributed by atoms with Crippen LogP contribution in [0.5, 0.6) is 0 Å². The molecule has 0 radical (unpaired) electrons. The summed E-state index contributed by atoms with van der Waals surface area (Å²) in [7, 11) is 0. The highest BCUT2D eigenvalue weighted by atomic mass is 19.4. The van der Waals surface area contributed by atoms with Crippen LogP contribution in [-0.4, -0.2) is 6.04 Å². The fraction of sp³-hybridized carbons (Fsp3) is 0.571. The van der Waals surface area contributed by atoms with Gasteiger partial charge in [-0.2, -0.15) is 13.2 Å².